The molecule has 1 heterocycles. The van der Waals surface area contributed by atoms with Crippen LogP contribution >= 0.6 is 35.6 Å². The van der Waals surface area contributed by atoms with E-state index in [0.29, 0.717) is 9.93 Å². The number of allylic oxidation sites excluding steroid dienone is 1. The Labute approximate surface area is 130 Å². The number of aliphatic carboxylic acids is 1. The van der Waals surface area contributed by atoms with Crippen LogP contribution in [0.15, 0.2) is 29.2 Å². The van der Waals surface area contributed by atoms with Crippen LogP contribution in [0, 0.1) is 0 Å². The maximum absolute atomic E-state index is 12.2. The Morgan fingerprint density at radius 1 is 1.40 bits per heavy atom. The number of carbonyl (C=O) groups is 2. The third-order valence-electron chi connectivity index (χ3n) is 2.76. The first kappa shape index (κ1) is 15.0. The van der Waals surface area contributed by atoms with Gasteiger partial charge in [-0.2, -0.15) is 0 Å². The number of carboxylic acid groups (broad SMARTS) is 1. The standard InChI is InChI=1S/C13H10ClNO3S2/c1-7(8-2-4-9(14)5-3-8)11-12(18)15(6-10(16)17)13(19)20-11/h2-5H,6H2,1H3,(H,16,17). The van der Waals surface area contributed by atoms with Crippen LogP contribution in [0.4, 0.5) is 0 Å². The van der Waals surface area contributed by atoms with Crippen molar-refractivity contribution in [1.29, 1.82) is 0 Å². The molecule has 0 atom stereocenters. The van der Waals surface area contributed by atoms with Gasteiger partial charge in [0.05, 0.1) is 4.91 Å². The van der Waals surface area contributed by atoms with E-state index in [1.165, 1.54) is 0 Å². The quantitative estimate of drug-likeness (QED) is 0.683. The predicted molar refractivity (Wildman–Crippen MR) is 83.6 cm³/mol. The topological polar surface area (TPSA) is 57.6 Å². The van der Waals surface area contributed by atoms with Gasteiger partial charge in [-0.1, -0.05) is 47.7 Å². The van der Waals surface area contributed by atoms with E-state index in [2.05, 4.69) is 0 Å². The number of nitrogens with zero attached hydrogens (tertiary/aromatic N) is 1. The number of rotatable bonds is 3. The van der Waals surface area contributed by atoms with Gasteiger partial charge in [-0.3, -0.25) is 14.5 Å². The number of carboxylic acids is 1. The Morgan fingerprint density at radius 2 is 2.00 bits per heavy atom. The molecule has 4 nitrogen and oxygen atoms in total. The first-order chi connectivity index (χ1) is 9.40. The van der Waals surface area contributed by atoms with Gasteiger partial charge in [0.25, 0.3) is 5.91 Å². The van der Waals surface area contributed by atoms with Gasteiger partial charge >= 0.3 is 5.97 Å². The van der Waals surface area contributed by atoms with Gasteiger partial charge in [-0.05, 0) is 30.2 Å². The number of amides is 1. The second kappa shape index (κ2) is 5.95. The summed E-state index contributed by atoms with van der Waals surface area (Å²) in [5.74, 6) is -1.46. The smallest absolute Gasteiger partial charge is 0.323 e. The average Bonchev–Trinajstić information content (AvgIpc) is 2.66. The van der Waals surface area contributed by atoms with Crippen LogP contribution in [-0.2, 0) is 9.59 Å². The molecule has 0 spiro atoms. The number of halogens is 1. The molecule has 20 heavy (non-hydrogen) atoms. The lowest BCUT2D eigenvalue weighted by Gasteiger charge is -2.10. The fraction of sp³-hybridized carbons (Fsp3) is 0.154. The maximum Gasteiger partial charge on any atom is 0.323 e. The van der Waals surface area contributed by atoms with Gasteiger partial charge in [0.1, 0.15) is 10.9 Å². The Morgan fingerprint density at radius 3 is 2.55 bits per heavy atom. The maximum atomic E-state index is 12.2. The molecule has 1 N–H and O–H groups in total. The van der Waals surface area contributed by atoms with Gasteiger partial charge in [0.15, 0.2) is 0 Å². The van der Waals surface area contributed by atoms with E-state index in [1.54, 1.807) is 31.2 Å². The van der Waals surface area contributed by atoms with Crippen molar-refractivity contribution in [2.75, 3.05) is 6.54 Å². The Bertz CT molecular complexity index is 625. The molecule has 2 rings (SSSR count). The summed E-state index contributed by atoms with van der Waals surface area (Å²) in [5.41, 5.74) is 1.61. The van der Waals surface area contributed by atoms with E-state index in [0.717, 1.165) is 27.8 Å². The Hall–Kier alpha value is -1.37. The van der Waals surface area contributed by atoms with Crippen molar-refractivity contribution in [3.63, 3.8) is 0 Å². The van der Waals surface area contributed by atoms with Crippen LogP contribution in [-0.4, -0.2) is 32.7 Å². The van der Waals surface area contributed by atoms with E-state index in [4.69, 9.17) is 28.9 Å². The van der Waals surface area contributed by atoms with Crippen molar-refractivity contribution in [1.82, 2.24) is 4.90 Å². The molecule has 0 aromatic heterocycles. The van der Waals surface area contributed by atoms with Crippen LogP contribution in [0.2, 0.25) is 5.02 Å². The number of benzene rings is 1. The highest BCUT2D eigenvalue weighted by molar-refractivity contribution is 8.26. The average molecular weight is 328 g/mol. The lowest BCUT2D eigenvalue weighted by Crippen LogP contribution is -2.33. The molecule has 1 fully saturated rings. The van der Waals surface area contributed by atoms with Crippen molar-refractivity contribution in [2.24, 2.45) is 0 Å². The highest BCUT2D eigenvalue weighted by atomic mass is 35.5. The summed E-state index contributed by atoms with van der Waals surface area (Å²) >= 11 is 12.0. The lowest BCUT2D eigenvalue weighted by molar-refractivity contribution is -0.140. The van der Waals surface area contributed by atoms with Crippen LogP contribution in [0.3, 0.4) is 0 Å². The van der Waals surface area contributed by atoms with Crippen LogP contribution in [0.5, 0.6) is 0 Å². The molecular weight excluding hydrogens is 318 g/mol. The molecule has 0 unspecified atom stereocenters. The summed E-state index contributed by atoms with van der Waals surface area (Å²) in [6.07, 6.45) is 0. The van der Waals surface area contributed by atoms with Gasteiger partial charge in [0.2, 0.25) is 0 Å². The number of hydrogen-bond donors (Lipinski definition) is 1. The van der Waals surface area contributed by atoms with Crippen molar-refractivity contribution >= 4 is 57.4 Å². The summed E-state index contributed by atoms with van der Waals surface area (Å²) in [5, 5.41) is 9.40. The number of carbonyl (C=O) groups excluding carboxylic acids is 1. The van der Waals surface area contributed by atoms with E-state index in [9.17, 15) is 9.59 Å². The van der Waals surface area contributed by atoms with Crippen molar-refractivity contribution in [2.45, 2.75) is 6.92 Å². The summed E-state index contributed by atoms with van der Waals surface area (Å²) in [6, 6.07) is 7.08. The minimum Gasteiger partial charge on any atom is -0.480 e. The van der Waals surface area contributed by atoms with Gasteiger partial charge < -0.3 is 5.11 Å². The summed E-state index contributed by atoms with van der Waals surface area (Å²) in [4.78, 5) is 24.5. The van der Waals surface area contributed by atoms with Crippen LogP contribution < -0.4 is 0 Å². The first-order valence-corrected chi connectivity index (χ1v) is 7.22. The van der Waals surface area contributed by atoms with Crippen molar-refractivity contribution in [3.05, 3.63) is 39.8 Å². The molecule has 0 radical (unpaired) electrons. The fourth-order valence-corrected chi connectivity index (χ4v) is 3.16. The summed E-state index contributed by atoms with van der Waals surface area (Å²) in [6.45, 7) is 1.39. The van der Waals surface area contributed by atoms with Crippen LogP contribution in [0.25, 0.3) is 5.57 Å². The summed E-state index contributed by atoms with van der Waals surface area (Å²) < 4.78 is 0.265. The third-order valence-corrected chi connectivity index (χ3v) is 4.56. The fourth-order valence-electron chi connectivity index (χ4n) is 1.73. The molecule has 1 aliphatic heterocycles. The second-order valence-electron chi connectivity index (χ2n) is 4.11. The number of thioether (sulfide) groups is 1. The van der Waals surface area contributed by atoms with Gasteiger partial charge in [-0.25, -0.2) is 0 Å². The van der Waals surface area contributed by atoms with Gasteiger partial charge in [-0.15, -0.1) is 0 Å². The minimum atomic E-state index is -1.09. The molecule has 1 aliphatic rings. The van der Waals surface area contributed by atoms with E-state index in [-0.39, 0.29) is 10.2 Å². The van der Waals surface area contributed by atoms with Gasteiger partial charge in [0, 0.05) is 5.02 Å². The molecule has 1 aromatic rings. The SMILES string of the molecule is CC(=C1SC(=S)N(CC(=O)O)C1=O)c1ccc(Cl)cc1. The highest BCUT2D eigenvalue weighted by Crippen LogP contribution is 2.36. The molecule has 1 amide bonds. The second-order valence-corrected chi connectivity index (χ2v) is 6.19. The number of thiocarbonyl (C=S) groups is 1. The highest BCUT2D eigenvalue weighted by Gasteiger charge is 2.34. The molecule has 1 saturated heterocycles. The monoisotopic (exact) mass is 327 g/mol. The Balaban J connectivity index is 2.35. The van der Waals surface area contributed by atoms with E-state index in [1.807, 2.05) is 0 Å². The predicted octanol–water partition coefficient (Wildman–Crippen LogP) is 3.02. The van der Waals surface area contributed by atoms with E-state index >= 15 is 0 Å². The zero-order chi connectivity index (χ0) is 14.9. The van der Waals surface area contributed by atoms with Crippen molar-refractivity contribution < 1.29 is 14.7 Å². The molecule has 1 aromatic carbocycles. The number of hydrogen-bond acceptors (Lipinski definition) is 4. The van der Waals surface area contributed by atoms with Crippen LogP contribution in [0.1, 0.15) is 12.5 Å². The molecule has 0 bridgehead atoms. The first-order valence-electron chi connectivity index (χ1n) is 5.62. The molecule has 0 saturated carbocycles. The lowest BCUT2D eigenvalue weighted by atomic mass is 10.1. The largest absolute Gasteiger partial charge is 0.480 e. The normalized spacial score (nSPS) is 17.6. The summed E-state index contributed by atoms with van der Waals surface area (Å²) in [7, 11) is 0. The molecule has 0 aliphatic carbocycles. The molecule has 7 heteroatoms. The zero-order valence-electron chi connectivity index (χ0n) is 10.4. The van der Waals surface area contributed by atoms with E-state index < -0.39 is 12.5 Å². The minimum absolute atomic E-state index is 0.265. The third kappa shape index (κ3) is 3.03. The molecule has 104 valence electrons. The Kier molecular flexibility index (Phi) is 4.47. The van der Waals surface area contributed by atoms with Crippen molar-refractivity contribution in [3.8, 4) is 0 Å². The zero-order valence-corrected chi connectivity index (χ0v) is 12.8. The molecular formula is C13H10ClNO3S2.